The van der Waals surface area contributed by atoms with Gasteiger partial charge in [-0.05, 0) is 47.5 Å². The number of aromatic nitrogens is 1. The maximum Gasteiger partial charge on any atom is 0.244 e. The molecule has 0 radical (unpaired) electrons. The molecule has 0 spiro atoms. The van der Waals surface area contributed by atoms with Gasteiger partial charge in [-0.25, -0.2) is 0 Å². The summed E-state index contributed by atoms with van der Waals surface area (Å²) in [5.41, 5.74) is 4.11. The molecule has 1 amide bonds. The number of hydrogen-bond acceptors (Lipinski definition) is 4. The maximum atomic E-state index is 12.3. The number of carbonyl (C=O) groups is 1. The van der Waals surface area contributed by atoms with Gasteiger partial charge in [0.2, 0.25) is 12.7 Å². The average Bonchev–Trinajstić information content (AvgIpc) is 3.45. The van der Waals surface area contributed by atoms with E-state index >= 15 is 0 Å². The first-order valence-electron chi connectivity index (χ1n) is 10.5. The van der Waals surface area contributed by atoms with Crippen LogP contribution < -0.4 is 14.8 Å². The molecule has 3 aromatic carbocycles. The van der Waals surface area contributed by atoms with Crippen molar-refractivity contribution < 1.29 is 14.3 Å². The third-order valence-corrected chi connectivity index (χ3v) is 6.64. The molecule has 0 aliphatic carbocycles. The highest BCUT2D eigenvalue weighted by Gasteiger charge is 2.14. The molecule has 0 atom stereocenters. The fourth-order valence-corrected chi connectivity index (χ4v) is 4.84. The second-order valence-corrected chi connectivity index (χ2v) is 9.01. The van der Waals surface area contributed by atoms with E-state index in [4.69, 9.17) is 21.1 Å². The summed E-state index contributed by atoms with van der Waals surface area (Å²) >= 11 is 7.78. The molecular weight excluding hydrogens is 456 g/mol. The number of benzene rings is 3. The van der Waals surface area contributed by atoms with Crippen LogP contribution in [-0.2, 0) is 4.79 Å². The van der Waals surface area contributed by atoms with E-state index in [0.29, 0.717) is 17.3 Å². The highest BCUT2D eigenvalue weighted by Crippen LogP contribution is 2.38. The van der Waals surface area contributed by atoms with Gasteiger partial charge in [-0.2, -0.15) is 0 Å². The highest BCUT2D eigenvalue weighted by atomic mass is 35.5. The Morgan fingerprint density at radius 3 is 2.76 bits per heavy atom. The molecule has 5 rings (SSSR count). The Bertz CT molecular complexity index is 1330. The van der Waals surface area contributed by atoms with E-state index in [1.807, 2.05) is 54.6 Å². The predicted octanol–water partition coefficient (Wildman–Crippen LogP) is 6.14. The van der Waals surface area contributed by atoms with Crippen LogP contribution in [0.3, 0.4) is 0 Å². The number of para-hydroxylation sites is 1. The summed E-state index contributed by atoms with van der Waals surface area (Å²) in [7, 11) is 0. The number of amides is 1. The van der Waals surface area contributed by atoms with Crippen molar-refractivity contribution in [2.45, 2.75) is 4.90 Å². The van der Waals surface area contributed by atoms with Gasteiger partial charge in [-0.1, -0.05) is 48.0 Å². The summed E-state index contributed by atoms with van der Waals surface area (Å²) < 4.78 is 10.7. The first-order valence-corrected chi connectivity index (χ1v) is 11.9. The van der Waals surface area contributed by atoms with Crippen molar-refractivity contribution in [1.82, 2.24) is 10.3 Å². The lowest BCUT2D eigenvalue weighted by atomic mass is 10.1. The molecule has 1 aliphatic heterocycles. The van der Waals surface area contributed by atoms with Gasteiger partial charge in [-0.3, -0.25) is 4.79 Å². The fraction of sp³-hybridized carbons (Fsp3) is 0.115. The Hall–Kier alpha value is -3.35. The summed E-state index contributed by atoms with van der Waals surface area (Å²) in [4.78, 5) is 17.0. The predicted molar refractivity (Wildman–Crippen MR) is 134 cm³/mol. The zero-order valence-electron chi connectivity index (χ0n) is 17.6. The number of halogens is 1. The van der Waals surface area contributed by atoms with Crippen molar-refractivity contribution in [3.63, 3.8) is 0 Å². The standard InChI is InChI=1S/C26H21ClN2O3S/c27-19-9-7-18(8-10-19)25-26(20-3-1-2-4-21(20)29-25)33-14-13-28-24(30)12-6-17-5-11-22-23(15-17)32-16-31-22/h1-12,15,29H,13-14,16H2,(H,28,30)/b12-6+. The van der Waals surface area contributed by atoms with Crippen LogP contribution in [0.1, 0.15) is 5.56 Å². The quantitative estimate of drug-likeness (QED) is 0.191. The molecular formula is C26H21ClN2O3S. The van der Waals surface area contributed by atoms with Crippen LogP contribution in [0.2, 0.25) is 5.02 Å². The third kappa shape index (κ3) is 4.87. The average molecular weight is 477 g/mol. The number of thioether (sulfide) groups is 1. The molecule has 2 heterocycles. The molecule has 33 heavy (non-hydrogen) atoms. The number of nitrogens with one attached hydrogen (secondary N) is 2. The Morgan fingerprint density at radius 1 is 1.06 bits per heavy atom. The van der Waals surface area contributed by atoms with Crippen LogP contribution >= 0.6 is 23.4 Å². The molecule has 166 valence electrons. The van der Waals surface area contributed by atoms with Crippen molar-refractivity contribution in [2.24, 2.45) is 0 Å². The van der Waals surface area contributed by atoms with E-state index in [0.717, 1.165) is 38.7 Å². The molecule has 1 aromatic heterocycles. The third-order valence-electron chi connectivity index (χ3n) is 5.26. The van der Waals surface area contributed by atoms with E-state index in [-0.39, 0.29) is 12.7 Å². The lowest BCUT2D eigenvalue weighted by molar-refractivity contribution is -0.116. The van der Waals surface area contributed by atoms with Crippen LogP contribution in [0.25, 0.3) is 28.2 Å². The summed E-state index contributed by atoms with van der Waals surface area (Å²) in [5.74, 6) is 2.03. The SMILES string of the molecule is O=C(/C=C/c1ccc2c(c1)OCO2)NCCSc1c(-c2ccc(Cl)cc2)[nH]c2ccccc12. The number of aromatic amines is 1. The molecule has 0 unspecified atom stereocenters. The van der Waals surface area contributed by atoms with Crippen LogP contribution in [0, 0.1) is 0 Å². The zero-order chi connectivity index (χ0) is 22.6. The second-order valence-electron chi connectivity index (χ2n) is 7.47. The van der Waals surface area contributed by atoms with E-state index in [2.05, 4.69) is 22.4 Å². The molecule has 7 heteroatoms. The molecule has 1 aliphatic rings. The van der Waals surface area contributed by atoms with E-state index in [1.54, 1.807) is 17.8 Å². The van der Waals surface area contributed by atoms with Gasteiger partial charge < -0.3 is 19.8 Å². The minimum Gasteiger partial charge on any atom is -0.454 e. The Kier molecular flexibility index (Phi) is 6.28. The number of fused-ring (bicyclic) bond motifs is 2. The second kappa shape index (κ2) is 9.65. The number of hydrogen-bond donors (Lipinski definition) is 2. The van der Waals surface area contributed by atoms with E-state index < -0.39 is 0 Å². The van der Waals surface area contributed by atoms with Gasteiger partial charge in [-0.15, -0.1) is 11.8 Å². The largest absolute Gasteiger partial charge is 0.454 e. The zero-order valence-corrected chi connectivity index (χ0v) is 19.2. The van der Waals surface area contributed by atoms with Crippen LogP contribution in [0.5, 0.6) is 11.5 Å². The molecule has 0 bridgehead atoms. The van der Waals surface area contributed by atoms with Crippen molar-refractivity contribution >= 4 is 46.2 Å². The lowest BCUT2D eigenvalue weighted by Crippen LogP contribution is -2.23. The lowest BCUT2D eigenvalue weighted by Gasteiger charge is -2.06. The fourth-order valence-electron chi connectivity index (χ4n) is 3.66. The minimum absolute atomic E-state index is 0.134. The topological polar surface area (TPSA) is 63.4 Å². The van der Waals surface area contributed by atoms with Crippen LogP contribution in [-0.4, -0.2) is 30.0 Å². The maximum absolute atomic E-state index is 12.3. The van der Waals surface area contributed by atoms with Crippen LogP contribution in [0.4, 0.5) is 0 Å². The normalized spacial score (nSPS) is 12.5. The van der Waals surface area contributed by atoms with Gasteiger partial charge >= 0.3 is 0 Å². The summed E-state index contributed by atoms with van der Waals surface area (Å²) in [6, 6.07) is 21.6. The smallest absolute Gasteiger partial charge is 0.244 e. The molecule has 4 aromatic rings. The summed E-state index contributed by atoms with van der Waals surface area (Å²) in [6.45, 7) is 0.783. The van der Waals surface area contributed by atoms with E-state index in [1.165, 1.54) is 11.5 Å². The van der Waals surface area contributed by atoms with Crippen molar-refractivity contribution in [2.75, 3.05) is 19.1 Å². The van der Waals surface area contributed by atoms with Gasteiger partial charge in [0.15, 0.2) is 11.5 Å². The molecule has 0 saturated heterocycles. The highest BCUT2D eigenvalue weighted by molar-refractivity contribution is 7.99. The van der Waals surface area contributed by atoms with Crippen molar-refractivity contribution in [3.05, 3.63) is 83.4 Å². The van der Waals surface area contributed by atoms with Crippen molar-refractivity contribution in [1.29, 1.82) is 0 Å². The molecule has 2 N–H and O–H groups in total. The summed E-state index contributed by atoms with van der Waals surface area (Å²) in [6.07, 6.45) is 3.30. The Balaban J connectivity index is 1.22. The first-order chi connectivity index (χ1) is 16.2. The van der Waals surface area contributed by atoms with Crippen molar-refractivity contribution in [3.8, 4) is 22.8 Å². The number of ether oxygens (including phenoxy) is 2. The van der Waals surface area contributed by atoms with E-state index in [9.17, 15) is 4.79 Å². The molecule has 5 nitrogen and oxygen atoms in total. The molecule has 0 saturated carbocycles. The molecule has 0 fully saturated rings. The Labute approximate surface area is 200 Å². The first kappa shape index (κ1) is 21.5. The van der Waals surface area contributed by atoms with Gasteiger partial charge in [0.1, 0.15) is 0 Å². The number of rotatable bonds is 7. The Morgan fingerprint density at radius 2 is 1.88 bits per heavy atom. The monoisotopic (exact) mass is 476 g/mol. The van der Waals surface area contributed by atoms with Gasteiger partial charge in [0, 0.05) is 39.2 Å². The van der Waals surface area contributed by atoms with Gasteiger partial charge in [0.25, 0.3) is 0 Å². The van der Waals surface area contributed by atoms with Crippen LogP contribution in [0.15, 0.2) is 77.7 Å². The van der Waals surface area contributed by atoms with Gasteiger partial charge in [0.05, 0.1) is 5.69 Å². The number of H-pyrrole nitrogens is 1. The summed E-state index contributed by atoms with van der Waals surface area (Å²) in [5, 5.41) is 4.83. The number of carbonyl (C=O) groups excluding carboxylic acids is 1. The minimum atomic E-state index is -0.134.